The summed E-state index contributed by atoms with van der Waals surface area (Å²) in [6.45, 7) is 3.72. The minimum absolute atomic E-state index is 0.00451. The highest BCUT2D eigenvalue weighted by Gasteiger charge is 2.26. The number of urea groups is 1. The average molecular weight is 422 g/mol. The molecule has 8 heteroatoms. The monoisotopic (exact) mass is 422 g/mol. The Bertz CT molecular complexity index is 995. The van der Waals surface area contributed by atoms with Crippen LogP contribution < -0.4 is 25.0 Å². The number of carbonyl (C=O) groups is 2. The Hall–Kier alpha value is -3.42. The van der Waals surface area contributed by atoms with Crippen molar-refractivity contribution in [2.45, 2.75) is 18.9 Å². The Balaban J connectivity index is 1.26. The Kier molecular flexibility index (Phi) is 5.28. The molecule has 2 aromatic rings. The molecule has 162 valence electrons. The molecule has 3 heterocycles. The van der Waals surface area contributed by atoms with Crippen molar-refractivity contribution in [3.63, 3.8) is 0 Å². The summed E-state index contributed by atoms with van der Waals surface area (Å²) < 4.78 is 11.3. The molecule has 3 aliphatic heterocycles. The van der Waals surface area contributed by atoms with Crippen molar-refractivity contribution in [1.29, 1.82) is 0 Å². The van der Waals surface area contributed by atoms with E-state index in [-0.39, 0.29) is 18.0 Å². The summed E-state index contributed by atoms with van der Waals surface area (Å²) in [5.41, 5.74) is 2.33. The van der Waals surface area contributed by atoms with Crippen LogP contribution in [0.2, 0.25) is 0 Å². The molecule has 3 amide bonds. The van der Waals surface area contributed by atoms with Gasteiger partial charge in [0.25, 0.3) is 5.91 Å². The number of ether oxygens (including phenoxy) is 2. The highest BCUT2D eigenvalue weighted by Crippen LogP contribution is 2.33. The molecule has 1 atom stereocenters. The Labute approximate surface area is 181 Å². The molecule has 0 unspecified atom stereocenters. The number of rotatable bonds is 4. The normalized spacial score (nSPS) is 20.4. The van der Waals surface area contributed by atoms with Crippen molar-refractivity contribution in [3.05, 3.63) is 48.0 Å². The van der Waals surface area contributed by atoms with Gasteiger partial charge in [0.05, 0.1) is 0 Å². The number of benzene rings is 2. The molecule has 0 saturated carbocycles. The largest absolute Gasteiger partial charge is 0.486 e. The summed E-state index contributed by atoms with van der Waals surface area (Å²) in [5, 5.41) is 6.33. The van der Waals surface area contributed by atoms with Gasteiger partial charge < -0.3 is 25.0 Å². The predicted octanol–water partition coefficient (Wildman–Crippen LogP) is 2.70. The average Bonchev–Trinajstić information content (AvgIpc) is 3.24. The quantitative estimate of drug-likeness (QED) is 0.792. The lowest BCUT2D eigenvalue weighted by Gasteiger charge is -2.34. The molecule has 2 fully saturated rings. The van der Waals surface area contributed by atoms with E-state index < -0.39 is 0 Å². The van der Waals surface area contributed by atoms with Crippen molar-refractivity contribution in [1.82, 2.24) is 10.2 Å². The zero-order chi connectivity index (χ0) is 21.2. The molecule has 0 aromatic heterocycles. The van der Waals surface area contributed by atoms with Gasteiger partial charge in [-0.05, 0) is 43.2 Å². The first-order valence-electron chi connectivity index (χ1n) is 10.8. The minimum atomic E-state index is -0.119. The molecule has 0 aliphatic carbocycles. The molecule has 3 aliphatic rings. The van der Waals surface area contributed by atoms with E-state index in [4.69, 9.17) is 9.47 Å². The number of fused-ring (bicyclic) bond motifs is 1. The molecular weight excluding hydrogens is 396 g/mol. The maximum atomic E-state index is 13.2. The maximum Gasteiger partial charge on any atom is 0.321 e. The van der Waals surface area contributed by atoms with Crippen LogP contribution in [0, 0.1) is 0 Å². The summed E-state index contributed by atoms with van der Waals surface area (Å²) in [5.74, 6) is 1.52. The highest BCUT2D eigenvalue weighted by atomic mass is 16.6. The molecule has 0 radical (unpaired) electrons. The van der Waals surface area contributed by atoms with Crippen LogP contribution in [0.4, 0.5) is 16.2 Å². The predicted molar refractivity (Wildman–Crippen MR) is 117 cm³/mol. The first kappa shape index (κ1) is 19.5. The van der Waals surface area contributed by atoms with Gasteiger partial charge in [0.15, 0.2) is 11.5 Å². The van der Waals surface area contributed by atoms with E-state index in [1.54, 1.807) is 4.90 Å². The second-order valence-corrected chi connectivity index (χ2v) is 8.03. The van der Waals surface area contributed by atoms with Gasteiger partial charge in [-0.15, -0.1) is 0 Å². The Morgan fingerprint density at radius 2 is 1.94 bits per heavy atom. The van der Waals surface area contributed by atoms with E-state index in [0.717, 1.165) is 42.3 Å². The van der Waals surface area contributed by atoms with Crippen LogP contribution in [0.5, 0.6) is 11.5 Å². The maximum absolute atomic E-state index is 13.2. The van der Waals surface area contributed by atoms with Gasteiger partial charge in [0.1, 0.15) is 13.2 Å². The first-order chi connectivity index (χ1) is 15.2. The second kappa shape index (κ2) is 8.37. The van der Waals surface area contributed by atoms with Crippen LogP contribution in [0.3, 0.4) is 0 Å². The highest BCUT2D eigenvalue weighted by molar-refractivity contribution is 5.98. The lowest BCUT2D eigenvalue weighted by molar-refractivity contribution is 0.0715. The van der Waals surface area contributed by atoms with E-state index >= 15 is 0 Å². The fourth-order valence-corrected chi connectivity index (χ4v) is 4.36. The standard InChI is InChI=1S/C23H26N4O4/c28-22(16-3-1-5-19(13-16)27-10-8-24-23(27)29)26-9-2-4-18(15-26)25-17-6-7-20-21(14-17)31-12-11-30-20/h1,3,5-7,13-14,18,25H,2,4,8-12,15H2,(H,24,29)/t18-/m0/s1. The molecule has 31 heavy (non-hydrogen) atoms. The second-order valence-electron chi connectivity index (χ2n) is 8.03. The molecular formula is C23H26N4O4. The number of hydrogen-bond acceptors (Lipinski definition) is 5. The van der Waals surface area contributed by atoms with E-state index in [1.165, 1.54) is 0 Å². The van der Waals surface area contributed by atoms with Gasteiger partial charge in [-0.3, -0.25) is 9.69 Å². The summed E-state index contributed by atoms with van der Waals surface area (Å²) in [6, 6.07) is 13.2. The van der Waals surface area contributed by atoms with Gasteiger partial charge in [-0.2, -0.15) is 0 Å². The van der Waals surface area contributed by atoms with Gasteiger partial charge >= 0.3 is 6.03 Å². The van der Waals surface area contributed by atoms with Crippen molar-refractivity contribution >= 4 is 23.3 Å². The lowest BCUT2D eigenvalue weighted by atomic mass is 10.0. The smallest absolute Gasteiger partial charge is 0.321 e. The number of hydrogen-bond donors (Lipinski definition) is 2. The van der Waals surface area contributed by atoms with E-state index in [1.807, 2.05) is 47.4 Å². The van der Waals surface area contributed by atoms with Crippen LogP contribution in [0.1, 0.15) is 23.2 Å². The molecule has 0 bridgehead atoms. The number of anilines is 2. The molecule has 8 nitrogen and oxygen atoms in total. The molecule has 2 N–H and O–H groups in total. The number of likely N-dealkylation sites (tertiary alicyclic amines) is 1. The van der Waals surface area contributed by atoms with E-state index in [9.17, 15) is 9.59 Å². The van der Waals surface area contributed by atoms with Crippen LogP contribution in [-0.4, -0.2) is 62.3 Å². The van der Waals surface area contributed by atoms with Gasteiger partial charge in [-0.25, -0.2) is 4.79 Å². The molecule has 2 saturated heterocycles. The summed E-state index contributed by atoms with van der Waals surface area (Å²) in [4.78, 5) is 28.7. The van der Waals surface area contributed by atoms with Gasteiger partial charge in [0, 0.05) is 55.2 Å². The van der Waals surface area contributed by atoms with Gasteiger partial charge in [-0.1, -0.05) is 6.07 Å². The SMILES string of the molecule is O=C(c1cccc(N2CCNC2=O)c1)N1CCC[C@H](Nc2ccc3c(c2)OCCO3)C1. The number of carbonyl (C=O) groups excluding carboxylic acids is 2. The topological polar surface area (TPSA) is 83.1 Å². The van der Waals surface area contributed by atoms with Crippen LogP contribution in [0.25, 0.3) is 0 Å². The number of nitrogens with zero attached hydrogens (tertiary/aromatic N) is 2. The third kappa shape index (κ3) is 4.10. The summed E-state index contributed by atoms with van der Waals surface area (Å²) in [7, 11) is 0. The van der Waals surface area contributed by atoms with Crippen molar-refractivity contribution in [2.75, 3.05) is 49.6 Å². The number of nitrogens with one attached hydrogen (secondary N) is 2. The lowest BCUT2D eigenvalue weighted by Crippen LogP contribution is -2.45. The van der Waals surface area contributed by atoms with Gasteiger partial charge in [0.2, 0.25) is 0 Å². The minimum Gasteiger partial charge on any atom is -0.486 e. The Morgan fingerprint density at radius 1 is 1.06 bits per heavy atom. The van der Waals surface area contributed by atoms with E-state index in [2.05, 4.69) is 10.6 Å². The third-order valence-electron chi connectivity index (χ3n) is 5.88. The summed E-state index contributed by atoms with van der Waals surface area (Å²) >= 11 is 0. The third-order valence-corrected chi connectivity index (χ3v) is 5.88. The van der Waals surface area contributed by atoms with Crippen molar-refractivity contribution < 1.29 is 19.1 Å². The molecule has 0 spiro atoms. The van der Waals surface area contributed by atoms with Crippen LogP contribution >= 0.6 is 0 Å². The zero-order valence-corrected chi connectivity index (χ0v) is 17.3. The van der Waals surface area contributed by atoms with Crippen molar-refractivity contribution in [2.24, 2.45) is 0 Å². The van der Waals surface area contributed by atoms with Crippen molar-refractivity contribution in [3.8, 4) is 11.5 Å². The van der Waals surface area contributed by atoms with Crippen LogP contribution in [-0.2, 0) is 0 Å². The number of piperidine rings is 1. The first-order valence-corrected chi connectivity index (χ1v) is 10.8. The fraction of sp³-hybridized carbons (Fsp3) is 0.391. The fourth-order valence-electron chi connectivity index (χ4n) is 4.36. The molecule has 5 rings (SSSR count). The van der Waals surface area contributed by atoms with Crippen LogP contribution in [0.15, 0.2) is 42.5 Å². The number of amides is 3. The van der Waals surface area contributed by atoms with E-state index in [0.29, 0.717) is 38.4 Å². The summed E-state index contributed by atoms with van der Waals surface area (Å²) in [6.07, 6.45) is 1.92. The molecule has 2 aromatic carbocycles. The zero-order valence-electron chi connectivity index (χ0n) is 17.3. The Morgan fingerprint density at radius 3 is 2.77 bits per heavy atom.